The van der Waals surface area contributed by atoms with Crippen molar-refractivity contribution in [1.29, 1.82) is 0 Å². The second kappa shape index (κ2) is 8.92. The Morgan fingerprint density at radius 1 is 0.611 bits per heavy atom. The molecule has 0 N–H and O–H groups in total. The van der Waals surface area contributed by atoms with E-state index >= 15 is 0 Å². The van der Waals surface area contributed by atoms with Gasteiger partial charge in [0.25, 0.3) is 5.69 Å². The molecule has 6 nitrogen and oxygen atoms in total. The van der Waals surface area contributed by atoms with Crippen molar-refractivity contribution >= 4 is 11.5 Å². The summed E-state index contributed by atoms with van der Waals surface area (Å²) >= 11 is 0. The Bertz CT molecular complexity index is 1680. The molecular formula is C30H20N4O2. The van der Waals surface area contributed by atoms with Crippen LogP contribution in [0, 0.1) is 10.1 Å². The van der Waals surface area contributed by atoms with Gasteiger partial charge in [-0.1, -0.05) is 91.0 Å². The van der Waals surface area contributed by atoms with Crippen molar-refractivity contribution in [2.45, 2.75) is 0 Å². The van der Waals surface area contributed by atoms with Crippen molar-refractivity contribution in [1.82, 2.24) is 14.4 Å². The normalized spacial score (nSPS) is 11.0. The SMILES string of the molecule is O=[N+]([O-])c1ccc(-c2cc(-c3ccccc3)nc3nc(-c4ccccc4)c(-c4ccccc4)n23)cc1. The zero-order valence-corrected chi connectivity index (χ0v) is 19.2. The second-order valence-electron chi connectivity index (χ2n) is 8.37. The molecule has 4 aromatic carbocycles. The van der Waals surface area contributed by atoms with E-state index in [0.29, 0.717) is 5.78 Å². The standard InChI is InChI=1S/C30H20N4O2/c35-34(36)25-18-16-22(17-19-25)27-20-26(21-10-4-1-5-11-21)31-30-32-28(23-12-6-2-7-13-23)29(33(27)30)24-14-8-3-9-15-24/h1-20H. The smallest absolute Gasteiger partial charge is 0.269 e. The highest BCUT2D eigenvalue weighted by Gasteiger charge is 2.21. The Kier molecular flexibility index (Phi) is 5.31. The molecule has 172 valence electrons. The summed E-state index contributed by atoms with van der Waals surface area (Å²) in [6, 6.07) is 38.7. The molecule has 36 heavy (non-hydrogen) atoms. The first-order chi connectivity index (χ1) is 17.7. The zero-order chi connectivity index (χ0) is 24.5. The summed E-state index contributed by atoms with van der Waals surface area (Å²) in [5.41, 5.74) is 7.20. The number of rotatable bonds is 5. The number of benzene rings is 4. The minimum atomic E-state index is -0.387. The number of nitro benzene ring substituents is 1. The topological polar surface area (TPSA) is 73.3 Å². The van der Waals surface area contributed by atoms with Crippen molar-refractivity contribution in [3.8, 4) is 45.0 Å². The van der Waals surface area contributed by atoms with Crippen LogP contribution in [-0.4, -0.2) is 19.3 Å². The molecule has 2 aromatic heterocycles. The quantitative estimate of drug-likeness (QED) is 0.196. The van der Waals surface area contributed by atoms with Crippen LogP contribution in [0.4, 0.5) is 5.69 Å². The van der Waals surface area contributed by atoms with Gasteiger partial charge >= 0.3 is 0 Å². The first-order valence-corrected chi connectivity index (χ1v) is 11.5. The van der Waals surface area contributed by atoms with Crippen LogP contribution in [-0.2, 0) is 0 Å². The molecular weight excluding hydrogens is 448 g/mol. The van der Waals surface area contributed by atoms with Gasteiger partial charge in [-0.3, -0.25) is 14.5 Å². The third-order valence-corrected chi connectivity index (χ3v) is 6.13. The first kappa shape index (κ1) is 21.4. The van der Waals surface area contributed by atoms with Crippen LogP contribution in [0.3, 0.4) is 0 Å². The van der Waals surface area contributed by atoms with Crippen LogP contribution in [0.25, 0.3) is 50.8 Å². The number of hydrogen-bond donors (Lipinski definition) is 0. The van der Waals surface area contributed by atoms with E-state index in [4.69, 9.17) is 9.97 Å². The monoisotopic (exact) mass is 468 g/mol. The maximum atomic E-state index is 11.3. The molecule has 0 saturated carbocycles. The summed E-state index contributed by atoms with van der Waals surface area (Å²) in [6.07, 6.45) is 0. The molecule has 0 aliphatic heterocycles. The predicted octanol–water partition coefficient (Wildman–Crippen LogP) is 7.31. The van der Waals surface area contributed by atoms with Crippen molar-refractivity contribution < 1.29 is 4.92 Å². The summed E-state index contributed by atoms with van der Waals surface area (Å²) in [7, 11) is 0. The average molecular weight is 469 g/mol. The lowest BCUT2D eigenvalue weighted by molar-refractivity contribution is -0.384. The van der Waals surface area contributed by atoms with Gasteiger partial charge in [0.2, 0.25) is 5.78 Å². The zero-order valence-electron chi connectivity index (χ0n) is 19.2. The highest BCUT2D eigenvalue weighted by Crippen LogP contribution is 2.37. The fraction of sp³-hybridized carbons (Fsp3) is 0. The van der Waals surface area contributed by atoms with E-state index in [9.17, 15) is 10.1 Å². The Hall–Kier alpha value is -5.10. The van der Waals surface area contributed by atoms with Gasteiger partial charge in [0, 0.05) is 28.8 Å². The molecule has 0 aliphatic carbocycles. The third kappa shape index (κ3) is 3.80. The van der Waals surface area contributed by atoms with E-state index in [0.717, 1.165) is 45.0 Å². The lowest BCUT2D eigenvalue weighted by Gasteiger charge is -2.13. The maximum Gasteiger partial charge on any atom is 0.269 e. The summed E-state index contributed by atoms with van der Waals surface area (Å²) in [4.78, 5) is 20.9. The molecule has 6 aromatic rings. The van der Waals surface area contributed by atoms with E-state index in [1.807, 2.05) is 89.3 Å². The van der Waals surface area contributed by atoms with Crippen LogP contribution in [0.1, 0.15) is 0 Å². The molecule has 0 fully saturated rings. The van der Waals surface area contributed by atoms with Gasteiger partial charge in [-0.15, -0.1) is 0 Å². The van der Waals surface area contributed by atoms with Crippen molar-refractivity contribution in [2.24, 2.45) is 0 Å². The molecule has 0 saturated heterocycles. The molecule has 0 radical (unpaired) electrons. The van der Waals surface area contributed by atoms with Crippen LogP contribution >= 0.6 is 0 Å². The van der Waals surface area contributed by atoms with Gasteiger partial charge in [-0.05, 0) is 23.8 Å². The van der Waals surface area contributed by atoms with E-state index in [2.05, 4.69) is 12.1 Å². The first-order valence-electron chi connectivity index (χ1n) is 11.5. The maximum absolute atomic E-state index is 11.3. The summed E-state index contributed by atoms with van der Waals surface area (Å²) < 4.78 is 2.05. The van der Waals surface area contributed by atoms with Gasteiger partial charge in [0.15, 0.2) is 0 Å². The van der Waals surface area contributed by atoms with Crippen molar-refractivity contribution in [3.05, 3.63) is 131 Å². The van der Waals surface area contributed by atoms with Crippen LogP contribution < -0.4 is 0 Å². The molecule has 6 heteroatoms. The van der Waals surface area contributed by atoms with E-state index < -0.39 is 0 Å². The molecule has 6 rings (SSSR count). The van der Waals surface area contributed by atoms with Gasteiger partial charge in [-0.25, -0.2) is 9.97 Å². The predicted molar refractivity (Wildman–Crippen MR) is 141 cm³/mol. The average Bonchev–Trinajstić information content (AvgIpc) is 3.34. The van der Waals surface area contributed by atoms with Crippen molar-refractivity contribution in [2.75, 3.05) is 0 Å². The molecule has 2 heterocycles. The number of imidazole rings is 1. The largest absolute Gasteiger partial charge is 0.276 e. The van der Waals surface area contributed by atoms with Crippen LogP contribution in [0.5, 0.6) is 0 Å². The Morgan fingerprint density at radius 2 is 1.17 bits per heavy atom. The lowest BCUT2D eigenvalue weighted by Crippen LogP contribution is -1.99. The Labute approximate surface area is 207 Å². The molecule has 0 bridgehead atoms. The van der Waals surface area contributed by atoms with Crippen LogP contribution in [0.2, 0.25) is 0 Å². The number of fused-ring (bicyclic) bond motifs is 1. The van der Waals surface area contributed by atoms with Crippen LogP contribution in [0.15, 0.2) is 121 Å². The van der Waals surface area contributed by atoms with E-state index in [1.54, 1.807) is 12.1 Å². The third-order valence-electron chi connectivity index (χ3n) is 6.13. The molecule has 0 unspecified atom stereocenters. The Balaban J connectivity index is 1.71. The minimum absolute atomic E-state index is 0.0474. The minimum Gasteiger partial charge on any atom is -0.276 e. The number of nitrogens with zero attached hydrogens (tertiary/aromatic N) is 4. The summed E-state index contributed by atoms with van der Waals surface area (Å²) in [5, 5.41) is 11.3. The number of aromatic nitrogens is 3. The molecule has 0 amide bonds. The summed E-state index contributed by atoms with van der Waals surface area (Å²) in [5.74, 6) is 0.558. The van der Waals surface area contributed by atoms with Gasteiger partial charge in [0.05, 0.1) is 27.7 Å². The molecule has 0 spiro atoms. The van der Waals surface area contributed by atoms with Gasteiger partial charge in [0.1, 0.15) is 0 Å². The van der Waals surface area contributed by atoms with E-state index in [-0.39, 0.29) is 10.6 Å². The highest BCUT2D eigenvalue weighted by atomic mass is 16.6. The molecule has 0 aliphatic rings. The number of hydrogen-bond acceptors (Lipinski definition) is 4. The summed E-state index contributed by atoms with van der Waals surface area (Å²) in [6.45, 7) is 0. The van der Waals surface area contributed by atoms with Gasteiger partial charge in [-0.2, -0.15) is 0 Å². The highest BCUT2D eigenvalue weighted by molar-refractivity contribution is 5.85. The lowest BCUT2D eigenvalue weighted by atomic mass is 10.0. The van der Waals surface area contributed by atoms with E-state index in [1.165, 1.54) is 12.1 Å². The second-order valence-corrected chi connectivity index (χ2v) is 8.37. The fourth-order valence-corrected chi connectivity index (χ4v) is 4.43. The Morgan fingerprint density at radius 3 is 1.75 bits per heavy atom. The van der Waals surface area contributed by atoms with Gasteiger partial charge < -0.3 is 0 Å². The number of non-ortho nitro benzene ring substituents is 1. The van der Waals surface area contributed by atoms with Crippen molar-refractivity contribution in [3.63, 3.8) is 0 Å². The molecule has 0 atom stereocenters. The fourth-order valence-electron chi connectivity index (χ4n) is 4.43. The number of nitro groups is 1.